The first-order chi connectivity index (χ1) is 7.69. The molecule has 0 aromatic heterocycles. The summed E-state index contributed by atoms with van der Waals surface area (Å²) in [6.07, 6.45) is 0.367. The Morgan fingerprint density at radius 3 is 3.06 bits per heavy atom. The van der Waals surface area contributed by atoms with Crippen LogP contribution in [0.3, 0.4) is 0 Å². The van der Waals surface area contributed by atoms with Crippen molar-refractivity contribution in [2.45, 2.75) is 6.10 Å². The van der Waals surface area contributed by atoms with Gasteiger partial charge in [0.05, 0.1) is 7.11 Å². The van der Waals surface area contributed by atoms with Gasteiger partial charge in [0.15, 0.2) is 6.10 Å². The molecule has 0 fully saturated rings. The highest BCUT2D eigenvalue weighted by Crippen LogP contribution is 2.18. The van der Waals surface area contributed by atoms with Crippen LogP contribution in [0.5, 0.6) is 5.75 Å². The predicted molar refractivity (Wildman–Crippen MR) is 61.2 cm³/mol. The molecule has 0 saturated carbocycles. The summed E-state index contributed by atoms with van der Waals surface area (Å²) in [6, 6.07) is 6.76. The summed E-state index contributed by atoms with van der Waals surface area (Å²) in [5, 5.41) is 12.3. The smallest absolute Gasteiger partial charge is 0.253 e. The van der Waals surface area contributed by atoms with Crippen molar-refractivity contribution in [3.05, 3.63) is 42.5 Å². The van der Waals surface area contributed by atoms with E-state index in [1.165, 1.54) is 7.11 Å². The topological polar surface area (TPSA) is 58.6 Å². The number of aliphatic hydroxyl groups excluding tert-OH is 1. The van der Waals surface area contributed by atoms with Gasteiger partial charge < -0.3 is 15.2 Å². The molecular weight excluding hydrogens is 206 g/mol. The maximum atomic E-state index is 11.5. The van der Waals surface area contributed by atoms with Crippen molar-refractivity contribution in [2.75, 3.05) is 13.7 Å². The van der Waals surface area contributed by atoms with E-state index in [9.17, 15) is 9.90 Å². The Labute approximate surface area is 94.6 Å². The summed E-state index contributed by atoms with van der Waals surface area (Å²) in [4.78, 5) is 11.5. The van der Waals surface area contributed by atoms with E-state index in [2.05, 4.69) is 11.9 Å². The Morgan fingerprint density at radius 1 is 1.69 bits per heavy atom. The van der Waals surface area contributed by atoms with Gasteiger partial charge in [0.25, 0.3) is 5.91 Å². The first kappa shape index (κ1) is 12.3. The minimum absolute atomic E-state index is 0.333. The van der Waals surface area contributed by atoms with Gasteiger partial charge in [-0.15, -0.1) is 6.58 Å². The van der Waals surface area contributed by atoms with Crippen LogP contribution in [0.1, 0.15) is 11.7 Å². The van der Waals surface area contributed by atoms with Crippen molar-refractivity contribution in [1.82, 2.24) is 5.32 Å². The van der Waals surface area contributed by atoms with E-state index in [0.29, 0.717) is 17.9 Å². The summed E-state index contributed by atoms with van der Waals surface area (Å²) >= 11 is 0. The van der Waals surface area contributed by atoms with Crippen LogP contribution in [-0.4, -0.2) is 24.7 Å². The first-order valence-electron chi connectivity index (χ1n) is 4.89. The maximum absolute atomic E-state index is 11.5. The molecule has 0 heterocycles. The second-order valence-corrected chi connectivity index (χ2v) is 3.21. The van der Waals surface area contributed by atoms with E-state index in [1.807, 2.05) is 0 Å². The highest BCUT2D eigenvalue weighted by Gasteiger charge is 2.16. The molecule has 0 bridgehead atoms. The zero-order chi connectivity index (χ0) is 12.0. The molecule has 1 aromatic rings. The second-order valence-electron chi connectivity index (χ2n) is 3.21. The number of nitrogens with one attached hydrogen (secondary N) is 1. The molecular formula is C12H15NO3. The number of carbonyl (C=O) groups is 1. The van der Waals surface area contributed by atoms with E-state index < -0.39 is 12.0 Å². The zero-order valence-electron chi connectivity index (χ0n) is 9.14. The van der Waals surface area contributed by atoms with Crippen molar-refractivity contribution >= 4 is 5.91 Å². The molecule has 4 heteroatoms. The summed E-state index contributed by atoms with van der Waals surface area (Å²) in [5.41, 5.74) is 0.501. The van der Waals surface area contributed by atoms with Gasteiger partial charge in [-0.25, -0.2) is 0 Å². The number of methoxy groups -OCH3 is 1. The van der Waals surface area contributed by atoms with Crippen LogP contribution >= 0.6 is 0 Å². The SMILES string of the molecule is C=CCNC(=O)C(O)c1cccc(OC)c1. The van der Waals surface area contributed by atoms with E-state index in [1.54, 1.807) is 30.3 Å². The Balaban J connectivity index is 2.74. The van der Waals surface area contributed by atoms with Crippen LogP contribution in [-0.2, 0) is 4.79 Å². The molecule has 0 aliphatic rings. The second kappa shape index (κ2) is 5.92. The molecule has 0 aliphatic heterocycles. The molecule has 2 N–H and O–H groups in total. The predicted octanol–water partition coefficient (Wildman–Crippen LogP) is 1.03. The van der Waals surface area contributed by atoms with Crippen molar-refractivity contribution in [3.8, 4) is 5.75 Å². The fourth-order valence-electron chi connectivity index (χ4n) is 1.23. The Bertz CT molecular complexity index is 376. The van der Waals surface area contributed by atoms with Crippen molar-refractivity contribution < 1.29 is 14.6 Å². The lowest BCUT2D eigenvalue weighted by Crippen LogP contribution is -2.29. The molecule has 0 aliphatic carbocycles. The lowest BCUT2D eigenvalue weighted by atomic mass is 10.1. The molecule has 86 valence electrons. The van der Waals surface area contributed by atoms with Gasteiger partial charge >= 0.3 is 0 Å². The number of carbonyl (C=O) groups excluding carboxylic acids is 1. The van der Waals surface area contributed by atoms with Crippen LogP contribution in [0, 0.1) is 0 Å². The minimum Gasteiger partial charge on any atom is -0.497 e. The highest BCUT2D eigenvalue weighted by molar-refractivity contribution is 5.82. The van der Waals surface area contributed by atoms with Crippen molar-refractivity contribution in [2.24, 2.45) is 0 Å². The fraction of sp³-hybridized carbons (Fsp3) is 0.250. The molecule has 0 spiro atoms. The quantitative estimate of drug-likeness (QED) is 0.730. The number of benzene rings is 1. The largest absolute Gasteiger partial charge is 0.497 e. The van der Waals surface area contributed by atoms with E-state index in [-0.39, 0.29) is 0 Å². The highest BCUT2D eigenvalue weighted by atomic mass is 16.5. The van der Waals surface area contributed by atoms with Gasteiger partial charge in [-0.3, -0.25) is 4.79 Å². The van der Waals surface area contributed by atoms with E-state index in [0.717, 1.165) is 0 Å². The normalized spacial score (nSPS) is 11.6. The van der Waals surface area contributed by atoms with Gasteiger partial charge in [0, 0.05) is 6.54 Å². The van der Waals surface area contributed by atoms with Gasteiger partial charge in [0.1, 0.15) is 5.75 Å². The number of hydrogen-bond donors (Lipinski definition) is 2. The zero-order valence-corrected chi connectivity index (χ0v) is 9.14. The maximum Gasteiger partial charge on any atom is 0.253 e. The van der Waals surface area contributed by atoms with Gasteiger partial charge in [0.2, 0.25) is 0 Å². The first-order valence-corrected chi connectivity index (χ1v) is 4.89. The summed E-state index contributed by atoms with van der Waals surface area (Å²) in [5.74, 6) is 0.154. The summed E-state index contributed by atoms with van der Waals surface area (Å²) < 4.78 is 5.01. The molecule has 0 saturated heterocycles. The van der Waals surface area contributed by atoms with E-state index in [4.69, 9.17) is 4.74 Å². The standard InChI is InChI=1S/C12H15NO3/c1-3-7-13-12(15)11(14)9-5-4-6-10(8-9)16-2/h3-6,8,11,14H,1,7H2,2H3,(H,13,15). The molecule has 1 aromatic carbocycles. The number of ether oxygens (including phenoxy) is 1. The monoisotopic (exact) mass is 221 g/mol. The van der Waals surface area contributed by atoms with E-state index >= 15 is 0 Å². The van der Waals surface area contributed by atoms with Crippen LogP contribution < -0.4 is 10.1 Å². The van der Waals surface area contributed by atoms with Crippen LogP contribution in [0.25, 0.3) is 0 Å². The molecule has 1 amide bonds. The molecule has 1 unspecified atom stereocenters. The van der Waals surface area contributed by atoms with Gasteiger partial charge in [-0.1, -0.05) is 18.2 Å². The molecule has 1 rings (SSSR count). The fourth-order valence-corrected chi connectivity index (χ4v) is 1.23. The number of aliphatic hydroxyl groups is 1. The van der Waals surface area contributed by atoms with Gasteiger partial charge in [-0.05, 0) is 17.7 Å². The lowest BCUT2D eigenvalue weighted by Gasteiger charge is -2.11. The molecule has 1 atom stereocenters. The number of hydrogen-bond acceptors (Lipinski definition) is 3. The summed E-state index contributed by atoms with van der Waals surface area (Å²) in [7, 11) is 1.53. The van der Waals surface area contributed by atoms with Crippen molar-refractivity contribution in [3.63, 3.8) is 0 Å². The third-order valence-corrected chi connectivity index (χ3v) is 2.08. The van der Waals surface area contributed by atoms with Gasteiger partial charge in [-0.2, -0.15) is 0 Å². The average molecular weight is 221 g/mol. The Morgan fingerprint density at radius 2 is 2.44 bits per heavy atom. The lowest BCUT2D eigenvalue weighted by molar-refractivity contribution is -0.129. The number of rotatable bonds is 5. The summed E-state index contributed by atoms with van der Waals surface area (Å²) in [6.45, 7) is 3.81. The molecule has 0 radical (unpaired) electrons. The van der Waals surface area contributed by atoms with Crippen LogP contribution in [0.4, 0.5) is 0 Å². The number of amides is 1. The molecule has 4 nitrogen and oxygen atoms in total. The average Bonchev–Trinajstić information content (AvgIpc) is 2.35. The third kappa shape index (κ3) is 3.10. The minimum atomic E-state index is -1.19. The van der Waals surface area contributed by atoms with Crippen LogP contribution in [0.2, 0.25) is 0 Å². The Kier molecular flexibility index (Phi) is 4.54. The third-order valence-electron chi connectivity index (χ3n) is 2.08. The Hall–Kier alpha value is -1.81. The van der Waals surface area contributed by atoms with Crippen LogP contribution in [0.15, 0.2) is 36.9 Å². The van der Waals surface area contributed by atoms with Crippen molar-refractivity contribution in [1.29, 1.82) is 0 Å². The molecule has 16 heavy (non-hydrogen) atoms.